The molecule has 126 valence electrons. The summed E-state index contributed by atoms with van der Waals surface area (Å²) in [5.74, 6) is -0.678. The van der Waals surface area contributed by atoms with Gasteiger partial charge >= 0.3 is 12.0 Å². The van der Waals surface area contributed by atoms with Crippen LogP contribution in [-0.2, 0) is 4.79 Å². The van der Waals surface area contributed by atoms with Gasteiger partial charge in [-0.2, -0.15) is 0 Å². The number of hydrogen-bond acceptors (Lipinski definition) is 6. The highest BCUT2D eigenvalue weighted by Gasteiger charge is 2.28. The lowest BCUT2D eigenvalue weighted by atomic mass is 9.99. The molecule has 1 unspecified atom stereocenters. The molecule has 9 heteroatoms. The van der Waals surface area contributed by atoms with Crippen molar-refractivity contribution < 1.29 is 19.1 Å². The highest BCUT2D eigenvalue weighted by atomic mass is 32.1. The molecule has 1 atom stereocenters. The molecule has 0 aromatic carbocycles. The molecule has 2 N–H and O–H groups in total. The number of aromatic nitrogens is 2. The van der Waals surface area contributed by atoms with Crippen molar-refractivity contribution in [2.75, 3.05) is 18.4 Å². The number of hydrogen-bond donors (Lipinski definition) is 2. The summed E-state index contributed by atoms with van der Waals surface area (Å²) in [5, 5.41) is 20.6. The third-order valence-corrected chi connectivity index (χ3v) is 4.45. The van der Waals surface area contributed by atoms with Crippen LogP contribution >= 0.6 is 11.3 Å². The molecule has 0 radical (unpaired) electrons. The van der Waals surface area contributed by atoms with E-state index in [9.17, 15) is 9.59 Å². The van der Waals surface area contributed by atoms with Gasteiger partial charge in [0, 0.05) is 13.1 Å². The molecule has 1 aliphatic heterocycles. The van der Waals surface area contributed by atoms with Crippen LogP contribution in [0.2, 0.25) is 0 Å². The number of rotatable bonds is 4. The minimum absolute atomic E-state index is 0.214. The van der Waals surface area contributed by atoms with E-state index in [1.54, 1.807) is 24.5 Å². The zero-order valence-electron chi connectivity index (χ0n) is 12.7. The lowest BCUT2D eigenvalue weighted by molar-refractivity contribution is -0.143. The van der Waals surface area contributed by atoms with Gasteiger partial charge in [-0.25, -0.2) is 4.79 Å². The number of nitrogens with zero attached hydrogens (tertiary/aromatic N) is 3. The molecular weight excluding hydrogens is 332 g/mol. The van der Waals surface area contributed by atoms with Gasteiger partial charge in [0.1, 0.15) is 10.8 Å². The van der Waals surface area contributed by atoms with Gasteiger partial charge in [0.05, 0.1) is 12.2 Å². The van der Waals surface area contributed by atoms with Crippen LogP contribution in [0.3, 0.4) is 0 Å². The molecule has 2 aromatic heterocycles. The van der Waals surface area contributed by atoms with E-state index >= 15 is 0 Å². The van der Waals surface area contributed by atoms with E-state index in [-0.39, 0.29) is 12.6 Å². The van der Waals surface area contributed by atoms with Gasteiger partial charge in [0.2, 0.25) is 5.13 Å². The first kappa shape index (κ1) is 16.2. The summed E-state index contributed by atoms with van der Waals surface area (Å²) in [6.45, 7) is 0.755. The number of amides is 2. The van der Waals surface area contributed by atoms with Crippen LogP contribution in [0.5, 0.6) is 0 Å². The maximum absolute atomic E-state index is 12.2. The fourth-order valence-electron chi connectivity index (χ4n) is 2.43. The monoisotopic (exact) mass is 348 g/mol. The average molecular weight is 348 g/mol. The fourth-order valence-corrected chi connectivity index (χ4v) is 3.06. The molecule has 1 saturated heterocycles. The maximum Gasteiger partial charge on any atom is 0.323 e. The highest BCUT2D eigenvalue weighted by molar-refractivity contribution is 7.16. The minimum atomic E-state index is -0.867. The minimum Gasteiger partial charge on any atom is -0.481 e. The van der Waals surface area contributed by atoms with Gasteiger partial charge in [0.25, 0.3) is 0 Å². The molecule has 1 fully saturated rings. The Labute approximate surface area is 141 Å². The lowest BCUT2D eigenvalue weighted by Crippen LogP contribution is -2.44. The first-order valence-electron chi connectivity index (χ1n) is 7.45. The zero-order chi connectivity index (χ0) is 16.9. The summed E-state index contributed by atoms with van der Waals surface area (Å²) in [5.41, 5.74) is 0. The second-order valence-electron chi connectivity index (χ2n) is 5.35. The van der Waals surface area contributed by atoms with E-state index in [0.29, 0.717) is 35.3 Å². The molecule has 1 aliphatic rings. The first-order valence-corrected chi connectivity index (χ1v) is 8.27. The Morgan fingerprint density at radius 3 is 3.04 bits per heavy atom. The van der Waals surface area contributed by atoms with Crippen molar-refractivity contribution in [3.8, 4) is 0 Å². The summed E-state index contributed by atoms with van der Waals surface area (Å²) in [4.78, 5) is 24.8. The third kappa shape index (κ3) is 3.99. The molecule has 0 saturated carbocycles. The summed E-state index contributed by atoms with van der Waals surface area (Å²) < 4.78 is 5.18. The van der Waals surface area contributed by atoms with Crippen molar-refractivity contribution in [2.45, 2.75) is 12.8 Å². The van der Waals surface area contributed by atoms with Gasteiger partial charge in [-0.3, -0.25) is 10.1 Å². The number of aliphatic carboxylic acids is 1. The standard InChI is InChI=1S/C15H16N4O4S/c20-13(21)10-3-1-7-19(9-10)15(22)16-14-18-17-12(24-14)6-5-11-4-2-8-23-11/h2,4-6,8,10H,1,3,7,9H2,(H,20,21)(H,16,18,22)/b6-5+. The second kappa shape index (κ2) is 7.26. The Bertz CT molecular complexity index is 741. The van der Waals surface area contributed by atoms with Crippen LogP contribution in [0.1, 0.15) is 23.6 Å². The third-order valence-electron chi connectivity index (χ3n) is 3.65. The molecule has 8 nitrogen and oxygen atoms in total. The predicted octanol–water partition coefficient (Wildman–Crippen LogP) is 2.63. The Kier molecular flexibility index (Phi) is 4.90. The summed E-state index contributed by atoms with van der Waals surface area (Å²) in [6, 6.07) is 3.25. The predicted molar refractivity (Wildman–Crippen MR) is 88.5 cm³/mol. The smallest absolute Gasteiger partial charge is 0.323 e. The summed E-state index contributed by atoms with van der Waals surface area (Å²) >= 11 is 1.23. The quantitative estimate of drug-likeness (QED) is 0.879. The summed E-state index contributed by atoms with van der Waals surface area (Å²) in [6.07, 6.45) is 6.35. The first-order chi connectivity index (χ1) is 11.6. The van der Waals surface area contributed by atoms with E-state index in [1.165, 1.54) is 16.2 Å². The van der Waals surface area contributed by atoms with Crippen LogP contribution in [0, 0.1) is 5.92 Å². The van der Waals surface area contributed by atoms with Crippen LogP contribution in [0.25, 0.3) is 12.2 Å². The Balaban J connectivity index is 1.58. The van der Waals surface area contributed by atoms with E-state index < -0.39 is 11.9 Å². The number of carboxylic acids is 1. The van der Waals surface area contributed by atoms with Crippen molar-refractivity contribution in [3.05, 3.63) is 29.2 Å². The molecule has 0 bridgehead atoms. The number of nitrogens with one attached hydrogen (secondary N) is 1. The van der Waals surface area contributed by atoms with E-state index in [2.05, 4.69) is 15.5 Å². The molecule has 3 rings (SSSR count). The van der Waals surface area contributed by atoms with Crippen LogP contribution in [0.4, 0.5) is 9.93 Å². The number of piperidine rings is 1. The molecule has 3 heterocycles. The van der Waals surface area contributed by atoms with Crippen molar-refractivity contribution in [3.63, 3.8) is 0 Å². The van der Waals surface area contributed by atoms with E-state index in [0.717, 1.165) is 0 Å². The Morgan fingerprint density at radius 1 is 1.42 bits per heavy atom. The van der Waals surface area contributed by atoms with E-state index in [4.69, 9.17) is 9.52 Å². The number of furan rings is 1. The normalized spacial score (nSPS) is 18.0. The van der Waals surface area contributed by atoms with Crippen LogP contribution in [0.15, 0.2) is 22.8 Å². The SMILES string of the molecule is O=C(O)C1CCCN(C(=O)Nc2nnc(/C=C/c3ccco3)s2)C1. The van der Waals surface area contributed by atoms with Gasteiger partial charge in [-0.05, 0) is 37.1 Å². The van der Waals surface area contributed by atoms with Gasteiger partial charge in [-0.1, -0.05) is 11.3 Å². The fraction of sp³-hybridized carbons (Fsp3) is 0.333. The average Bonchev–Trinajstić information content (AvgIpc) is 3.24. The van der Waals surface area contributed by atoms with Gasteiger partial charge < -0.3 is 14.4 Å². The molecule has 2 amide bonds. The van der Waals surface area contributed by atoms with Crippen molar-refractivity contribution in [2.24, 2.45) is 5.92 Å². The molecule has 0 spiro atoms. The maximum atomic E-state index is 12.2. The van der Waals surface area contributed by atoms with Crippen molar-refractivity contribution in [1.82, 2.24) is 15.1 Å². The Hall–Kier alpha value is -2.68. The van der Waals surface area contributed by atoms with Gasteiger partial charge in [-0.15, -0.1) is 10.2 Å². The van der Waals surface area contributed by atoms with Crippen molar-refractivity contribution >= 4 is 40.6 Å². The second-order valence-corrected chi connectivity index (χ2v) is 6.36. The number of likely N-dealkylation sites (tertiary alicyclic amines) is 1. The molecule has 24 heavy (non-hydrogen) atoms. The topological polar surface area (TPSA) is 109 Å². The molecular formula is C15H16N4O4S. The van der Waals surface area contributed by atoms with Crippen LogP contribution in [-0.4, -0.2) is 45.3 Å². The molecule has 2 aromatic rings. The lowest BCUT2D eigenvalue weighted by Gasteiger charge is -2.30. The largest absolute Gasteiger partial charge is 0.481 e. The number of anilines is 1. The zero-order valence-corrected chi connectivity index (χ0v) is 13.5. The number of urea groups is 1. The van der Waals surface area contributed by atoms with E-state index in [1.807, 2.05) is 6.07 Å². The number of carbonyl (C=O) groups is 2. The molecule has 0 aliphatic carbocycles. The Morgan fingerprint density at radius 2 is 2.29 bits per heavy atom. The van der Waals surface area contributed by atoms with Crippen LogP contribution < -0.4 is 5.32 Å². The number of carbonyl (C=O) groups excluding carboxylic acids is 1. The van der Waals surface area contributed by atoms with Gasteiger partial charge in [0.15, 0.2) is 0 Å². The number of carboxylic acid groups (broad SMARTS) is 1. The van der Waals surface area contributed by atoms with Crippen molar-refractivity contribution in [1.29, 1.82) is 0 Å². The summed E-state index contributed by atoms with van der Waals surface area (Å²) in [7, 11) is 0. The highest BCUT2D eigenvalue weighted by Crippen LogP contribution is 2.21.